The lowest BCUT2D eigenvalue weighted by atomic mass is 10.1. The lowest BCUT2D eigenvalue weighted by Gasteiger charge is -2.14. The molecule has 0 fully saturated rings. The Labute approximate surface area is 196 Å². The summed E-state index contributed by atoms with van der Waals surface area (Å²) in [6, 6.07) is 14.7. The van der Waals surface area contributed by atoms with Crippen LogP contribution in [0.15, 0.2) is 59.9 Å². The summed E-state index contributed by atoms with van der Waals surface area (Å²) in [6.45, 7) is 9.49. The second-order valence-corrected chi connectivity index (χ2v) is 7.67. The second kappa shape index (κ2) is 12.5. The Balaban J connectivity index is 1.50. The molecule has 0 bridgehead atoms. The molecule has 0 saturated heterocycles. The Morgan fingerprint density at radius 3 is 2.48 bits per heavy atom. The molecule has 0 spiro atoms. The van der Waals surface area contributed by atoms with E-state index in [0.29, 0.717) is 19.8 Å². The number of ether oxygens (including phenoxy) is 2. The molecular formula is C26H35N5O2. The van der Waals surface area contributed by atoms with E-state index in [1.165, 1.54) is 16.7 Å². The lowest BCUT2D eigenvalue weighted by Crippen LogP contribution is -2.37. The van der Waals surface area contributed by atoms with Gasteiger partial charge in [-0.05, 0) is 56.0 Å². The highest BCUT2D eigenvalue weighted by Crippen LogP contribution is 2.28. The number of hydrogen-bond donors (Lipinski definition) is 2. The van der Waals surface area contributed by atoms with Crippen LogP contribution in [0.3, 0.4) is 0 Å². The fourth-order valence-corrected chi connectivity index (χ4v) is 3.59. The summed E-state index contributed by atoms with van der Waals surface area (Å²) in [6.07, 6.45) is 4.70. The minimum absolute atomic E-state index is 0.613. The molecule has 176 valence electrons. The molecule has 1 aromatic heterocycles. The van der Waals surface area contributed by atoms with E-state index in [0.717, 1.165) is 42.8 Å². The van der Waals surface area contributed by atoms with Gasteiger partial charge in [-0.15, -0.1) is 0 Å². The van der Waals surface area contributed by atoms with Gasteiger partial charge in [0.1, 0.15) is 5.82 Å². The summed E-state index contributed by atoms with van der Waals surface area (Å²) >= 11 is 0. The Bertz CT molecular complexity index is 1040. The van der Waals surface area contributed by atoms with E-state index in [9.17, 15) is 0 Å². The molecular weight excluding hydrogens is 414 g/mol. The first-order chi connectivity index (χ1) is 16.1. The van der Waals surface area contributed by atoms with E-state index in [4.69, 9.17) is 9.47 Å². The van der Waals surface area contributed by atoms with Gasteiger partial charge in [-0.25, -0.2) is 4.98 Å². The smallest absolute Gasteiger partial charge is 0.191 e. The van der Waals surface area contributed by atoms with Gasteiger partial charge < -0.3 is 24.7 Å². The summed E-state index contributed by atoms with van der Waals surface area (Å²) in [5.41, 5.74) is 3.65. The number of benzene rings is 2. The van der Waals surface area contributed by atoms with Crippen molar-refractivity contribution in [1.29, 1.82) is 0 Å². The molecule has 2 N–H and O–H groups in total. The number of aromatic nitrogens is 2. The number of nitrogens with one attached hydrogen (secondary N) is 2. The van der Waals surface area contributed by atoms with E-state index < -0.39 is 0 Å². The number of aliphatic imine (C=N–C) groups is 1. The van der Waals surface area contributed by atoms with Crippen LogP contribution < -0.4 is 20.1 Å². The Morgan fingerprint density at radius 2 is 1.76 bits per heavy atom. The maximum absolute atomic E-state index is 5.73. The first-order valence-electron chi connectivity index (χ1n) is 11.5. The first kappa shape index (κ1) is 24.2. The molecule has 0 amide bonds. The van der Waals surface area contributed by atoms with Gasteiger partial charge in [0.25, 0.3) is 0 Å². The number of hydrogen-bond acceptors (Lipinski definition) is 4. The molecule has 7 nitrogen and oxygen atoms in total. The van der Waals surface area contributed by atoms with Crippen LogP contribution in [0, 0.1) is 6.92 Å². The van der Waals surface area contributed by atoms with Crippen molar-refractivity contribution in [2.45, 2.75) is 40.3 Å². The standard InChI is InChI=1S/C26H35N5O2/c1-5-32-24-11-10-21(17-25(24)33-6-2)12-13-29-26(27-4)30-18-22-8-7-9-23(16-22)19-31-15-14-28-20(31)3/h7-11,14-17H,5-6,12-13,18-19H2,1-4H3,(H2,27,29,30). The third-order valence-electron chi connectivity index (χ3n) is 5.27. The van der Waals surface area contributed by atoms with E-state index >= 15 is 0 Å². The fourth-order valence-electron chi connectivity index (χ4n) is 3.59. The predicted octanol–water partition coefficient (Wildman–Crippen LogP) is 3.94. The van der Waals surface area contributed by atoms with Crippen LogP contribution in [0.25, 0.3) is 0 Å². The lowest BCUT2D eigenvalue weighted by molar-refractivity contribution is 0.287. The third-order valence-corrected chi connectivity index (χ3v) is 5.27. The zero-order valence-corrected chi connectivity index (χ0v) is 20.1. The van der Waals surface area contributed by atoms with E-state index in [-0.39, 0.29) is 0 Å². The second-order valence-electron chi connectivity index (χ2n) is 7.67. The SMILES string of the molecule is CCOc1ccc(CCNC(=NC)NCc2cccc(Cn3ccnc3C)c2)cc1OCC. The van der Waals surface area contributed by atoms with Crippen LogP contribution in [-0.4, -0.2) is 42.3 Å². The molecule has 0 unspecified atom stereocenters. The summed E-state index contributed by atoms with van der Waals surface area (Å²) in [5, 5.41) is 6.79. The highest BCUT2D eigenvalue weighted by molar-refractivity contribution is 5.79. The van der Waals surface area contributed by atoms with Crippen LogP contribution in [0.2, 0.25) is 0 Å². The van der Waals surface area contributed by atoms with E-state index in [1.807, 2.05) is 39.2 Å². The fraction of sp³-hybridized carbons (Fsp3) is 0.385. The molecule has 0 aliphatic heterocycles. The molecule has 3 rings (SSSR count). The van der Waals surface area contributed by atoms with Gasteiger partial charge in [-0.3, -0.25) is 4.99 Å². The van der Waals surface area contributed by atoms with Crippen LogP contribution in [0.5, 0.6) is 11.5 Å². The number of nitrogens with zero attached hydrogens (tertiary/aromatic N) is 3. The normalized spacial score (nSPS) is 11.3. The van der Waals surface area contributed by atoms with Crippen molar-refractivity contribution in [2.24, 2.45) is 4.99 Å². The minimum atomic E-state index is 0.613. The monoisotopic (exact) mass is 449 g/mol. The van der Waals surface area contributed by atoms with Gasteiger partial charge in [0.15, 0.2) is 17.5 Å². The highest BCUT2D eigenvalue weighted by Gasteiger charge is 2.07. The van der Waals surface area contributed by atoms with E-state index in [1.54, 1.807) is 7.05 Å². The molecule has 1 heterocycles. The van der Waals surface area contributed by atoms with Crippen molar-refractivity contribution in [2.75, 3.05) is 26.8 Å². The van der Waals surface area contributed by atoms with Crippen LogP contribution in [0.4, 0.5) is 0 Å². The summed E-state index contributed by atoms with van der Waals surface area (Å²) in [4.78, 5) is 8.65. The number of aryl methyl sites for hydroxylation is 1. The first-order valence-corrected chi connectivity index (χ1v) is 11.5. The Kier molecular flexibility index (Phi) is 9.18. The van der Waals surface area contributed by atoms with Crippen LogP contribution in [-0.2, 0) is 19.5 Å². The quantitative estimate of drug-likeness (QED) is 0.343. The molecule has 0 aliphatic carbocycles. The van der Waals surface area contributed by atoms with E-state index in [2.05, 4.69) is 61.6 Å². The van der Waals surface area contributed by atoms with Gasteiger partial charge in [-0.2, -0.15) is 0 Å². The Morgan fingerprint density at radius 1 is 0.970 bits per heavy atom. The largest absolute Gasteiger partial charge is 0.490 e. The minimum Gasteiger partial charge on any atom is -0.490 e. The average Bonchev–Trinajstić information content (AvgIpc) is 3.22. The zero-order chi connectivity index (χ0) is 23.5. The summed E-state index contributed by atoms with van der Waals surface area (Å²) in [5.74, 6) is 3.38. The van der Waals surface area contributed by atoms with Crippen molar-refractivity contribution in [3.63, 3.8) is 0 Å². The van der Waals surface area contributed by atoms with Gasteiger partial charge in [-0.1, -0.05) is 30.3 Å². The molecule has 0 atom stereocenters. The topological polar surface area (TPSA) is 72.7 Å². The molecule has 7 heteroatoms. The predicted molar refractivity (Wildman–Crippen MR) is 133 cm³/mol. The highest BCUT2D eigenvalue weighted by atomic mass is 16.5. The van der Waals surface area contributed by atoms with Gasteiger partial charge in [0.2, 0.25) is 0 Å². The Hall–Kier alpha value is -3.48. The maximum Gasteiger partial charge on any atom is 0.191 e. The molecule has 0 radical (unpaired) electrons. The molecule has 0 aliphatic rings. The van der Waals surface area contributed by atoms with Gasteiger partial charge in [0, 0.05) is 39.1 Å². The third kappa shape index (κ3) is 7.27. The average molecular weight is 450 g/mol. The molecule has 0 saturated carbocycles. The number of rotatable bonds is 11. The summed E-state index contributed by atoms with van der Waals surface area (Å²) < 4.78 is 13.5. The number of imidazole rings is 1. The molecule has 2 aromatic carbocycles. The molecule has 33 heavy (non-hydrogen) atoms. The van der Waals surface area contributed by atoms with Crippen molar-refractivity contribution < 1.29 is 9.47 Å². The zero-order valence-electron chi connectivity index (χ0n) is 20.1. The number of guanidine groups is 1. The van der Waals surface area contributed by atoms with Gasteiger partial charge >= 0.3 is 0 Å². The van der Waals surface area contributed by atoms with Crippen LogP contribution in [0.1, 0.15) is 36.4 Å². The van der Waals surface area contributed by atoms with Crippen molar-refractivity contribution in [1.82, 2.24) is 20.2 Å². The van der Waals surface area contributed by atoms with Crippen molar-refractivity contribution in [3.8, 4) is 11.5 Å². The van der Waals surface area contributed by atoms with Crippen molar-refractivity contribution >= 4 is 5.96 Å². The van der Waals surface area contributed by atoms with Crippen LogP contribution >= 0.6 is 0 Å². The van der Waals surface area contributed by atoms with Gasteiger partial charge in [0.05, 0.1) is 13.2 Å². The maximum atomic E-state index is 5.73. The summed E-state index contributed by atoms with van der Waals surface area (Å²) in [7, 11) is 1.79. The van der Waals surface area contributed by atoms with Crippen molar-refractivity contribution in [3.05, 3.63) is 77.4 Å². The molecule has 3 aromatic rings.